The Morgan fingerprint density at radius 3 is 2.67 bits per heavy atom. The van der Waals surface area contributed by atoms with E-state index in [1.54, 1.807) is 24.3 Å². The number of amides is 2. The minimum atomic E-state index is -1.04. The number of carbonyl (C=O) groups is 2. The highest BCUT2D eigenvalue weighted by Gasteiger charge is 2.38. The number of rotatable bonds is 3. The van der Waals surface area contributed by atoms with Gasteiger partial charge in [-0.25, -0.2) is 0 Å². The normalized spacial score (nSPS) is 22.7. The van der Waals surface area contributed by atoms with Crippen LogP contribution in [-0.2, 0) is 9.53 Å². The first-order chi connectivity index (χ1) is 8.53. The molecule has 1 aromatic carbocycles. The van der Waals surface area contributed by atoms with Crippen LogP contribution in [0.5, 0.6) is 0 Å². The lowest BCUT2D eigenvalue weighted by molar-refractivity contribution is -0.121. The Morgan fingerprint density at radius 2 is 2.06 bits per heavy atom. The fourth-order valence-corrected chi connectivity index (χ4v) is 1.81. The molecule has 1 saturated heterocycles. The predicted octanol–water partition coefficient (Wildman–Crippen LogP) is -0.158. The van der Waals surface area contributed by atoms with E-state index in [0.717, 1.165) is 0 Å². The molecular weight excluding hydrogens is 234 g/mol. The first kappa shape index (κ1) is 12.5. The molecule has 0 radical (unpaired) electrons. The molecule has 1 aliphatic rings. The van der Waals surface area contributed by atoms with Crippen molar-refractivity contribution in [2.24, 2.45) is 11.5 Å². The summed E-state index contributed by atoms with van der Waals surface area (Å²) in [6, 6.07) is 6.53. The zero-order valence-electron chi connectivity index (χ0n) is 9.81. The lowest BCUT2D eigenvalue weighted by Crippen LogP contribution is -2.51. The molecule has 2 rings (SSSR count). The molecule has 1 atom stereocenters. The number of ether oxygens (including phenoxy) is 1. The average Bonchev–Trinajstić information content (AvgIpc) is 2.78. The minimum Gasteiger partial charge on any atom is -0.379 e. The Bertz CT molecular complexity index is 481. The summed E-state index contributed by atoms with van der Waals surface area (Å²) in [5.74, 6) is -0.964. The van der Waals surface area contributed by atoms with Crippen molar-refractivity contribution in [2.45, 2.75) is 12.0 Å². The number of nitrogens with one attached hydrogen (secondary N) is 1. The van der Waals surface area contributed by atoms with Gasteiger partial charge in [0.05, 0.1) is 17.9 Å². The van der Waals surface area contributed by atoms with Gasteiger partial charge in [0, 0.05) is 6.61 Å². The summed E-state index contributed by atoms with van der Waals surface area (Å²) in [4.78, 5) is 23.3. The summed E-state index contributed by atoms with van der Waals surface area (Å²) in [5, 5.41) is 2.63. The first-order valence-electron chi connectivity index (χ1n) is 5.60. The highest BCUT2D eigenvalue weighted by atomic mass is 16.5. The number of primary amides is 1. The molecule has 5 N–H and O–H groups in total. The van der Waals surface area contributed by atoms with E-state index >= 15 is 0 Å². The molecule has 1 aromatic rings. The molecule has 18 heavy (non-hydrogen) atoms. The summed E-state index contributed by atoms with van der Waals surface area (Å²) < 4.78 is 5.12. The van der Waals surface area contributed by atoms with Gasteiger partial charge in [-0.2, -0.15) is 0 Å². The number of para-hydroxylation sites is 1. The molecule has 6 nitrogen and oxygen atoms in total. The standard InChI is InChI=1S/C12H15N3O3/c13-10(16)8-3-1-2-4-9(8)15-11(17)12(14)5-6-18-7-12/h1-4H,5-7,14H2,(H2,13,16)(H,15,17). The number of hydrogen-bond acceptors (Lipinski definition) is 4. The van der Waals surface area contributed by atoms with Gasteiger partial charge in [0.15, 0.2) is 0 Å². The van der Waals surface area contributed by atoms with Gasteiger partial charge in [0.2, 0.25) is 5.91 Å². The lowest BCUT2D eigenvalue weighted by atomic mass is 9.99. The number of hydrogen-bond donors (Lipinski definition) is 3. The molecular formula is C12H15N3O3. The van der Waals surface area contributed by atoms with E-state index in [2.05, 4.69) is 5.32 Å². The summed E-state index contributed by atoms with van der Waals surface area (Å²) >= 11 is 0. The molecule has 0 aliphatic carbocycles. The largest absolute Gasteiger partial charge is 0.379 e. The Hall–Kier alpha value is -1.92. The van der Waals surface area contributed by atoms with Gasteiger partial charge in [0.1, 0.15) is 5.54 Å². The van der Waals surface area contributed by atoms with Crippen molar-refractivity contribution in [3.8, 4) is 0 Å². The maximum absolute atomic E-state index is 12.0. The highest BCUT2D eigenvalue weighted by molar-refractivity contribution is 6.05. The van der Waals surface area contributed by atoms with Gasteiger partial charge in [0.25, 0.3) is 5.91 Å². The third-order valence-corrected chi connectivity index (χ3v) is 2.95. The molecule has 1 fully saturated rings. The number of carbonyl (C=O) groups excluding carboxylic acids is 2. The van der Waals surface area contributed by atoms with E-state index in [1.807, 2.05) is 0 Å². The van der Waals surface area contributed by atoms with Crippen LogP contribution in [0.3, 0.4) is 0 Å². The van der Waals surface area contributed by atoms with Crippen LogP contribution in [-0.4, -0.2) is 30.6 Å². The van der Waals surface area contributed by atoms with E-state index in [-0.39, 0.29) is 18.1 Å². The number of nitrogens with two attached hydrogens (primary N) is 2. The van der Waals surface area contributed by atoms with E-state index in [4.69, 9.17) is 16.2 Å². The highest BCUT2D eigenvalue weighted by Crippen LogP contribution is 2.20. The summed E-state index contributed by atoms with van der Waals surface area (Å²) in [7, 11) is 0. The maximum atomic E-state index is 12.0. The number of benzene rings is 1. The zero-order valence-corrected chi connectivity index (χ0v) is 9.81. The van der Waals surface area contributed by atoms with Gasteiger partial charge in [-0.15, -0.1) is 0 Å². The Kier molecular flexibility index (Phi) is 3.31. The van der Waals surface area contributed by atoms with Gasteiger partial charge in [-0.1, -0.05) is 12.1 Å². The second-order valence-corrected chi connectivity index (χ2v) is 4.32. The van der Waals surface area contributed by atoms with Crippen LogP contribution in [0, 0.1) is 0 Å². The van der Waals surface area contributed by atoms with Crippen molar-refractivity contribution < 1.29 is 14.3 Å². The van der Waals surface area contributed by atoms with Crippen molar-refractivity contribution in [3.05, 3.63) is 29.8 Å². The monoisotopic (exact) mass is 249 g/mol. The lowest BCUT2D eigenvalue weighted by Gasteiger charge is -2.21. The Balaban J connectivity index is 2.19. The first-order valence-corrected chi connectivity index (χ1v) is 5.60. The number of anilines is 1. The minimum absolute atomic E-state index is 0.178. The van der Waals surface area contributed by atoms with Crippen molar-refractivity contribution in [2.75, 3.05) is 18.5 Å². The van der Waals surface area contributed by atoms with Crippen LogP contribution in [0.4, 0.5) is 5.69 Å². The van der Waals surface area contributed by atoms with Crippen LogP contribution in [0.25, 0.3) is 0 Å². The quantitative estimate of drug-likeness (QED) is 0.691. The van der Waals surface area contributed by atoms with Crippen molar-refractivity contribution >= 4 is 17.5 Å². The maximum Gasteiger partial charge on any atom is 0.250 e. The fourth-order valence-electron chi connectivity index (χ4n) is 1.81. The predicted molar refractivity (Wildman–Crippen MR) is 65.9 cm³/mol. The molecule has 1 aliphatic heterocycles. The topological polar surface area (TPSA) is 107 Å². The Labute approximate surface area is 104 Å². The van der Waals surface area contributed by atoms with Crippen LogP contribution in [0.15, 0.2) is 24.3 Å². The summed E-state index contributed by atoms with van der Waals surface area (Å²) in [6.45, 7) is 0.638. The molecule has 0 bridgehead atoms. The van der Waals surface area contributed by atoms with E-state index < -0.39 is 11.4 Å². The molecule has 0 aromatic heterocycles. The van der Waals surface area contributed by atoms with Gasteiger partial charge >= 0.3 is 0 Å². The molecule has 0 saturated carbocycles. The SMILES string of the molecule is NC(=O)c1ccccc1NC(=O)C1(N)CCOC1. The van der Waals surface area contributed by atoms with E-state index in [0.29, 0.717) is 18.7 Å². The van der Waals surface area contributed by atoms with Crippen molar-refractivity contribution in [1.29, 1.82) is 0 Å². The third kappa shape index (κ3) is 2.34. The summed E-state index contributed by atoms with van der Waals surface area (Å²) in [6.07, 6.45) is 0.456. The Morgan fingerprint density at radius 1 is 1.33 bits per heavy atom. The van der Waals surface area contributed by atoms with Crippen molar-refractivity contribution in [3.63, 3.8) is 0 Å². The molecule has 1 unspecified atom stereocenters. The van der Waals surface area contributed by atoms with Gasteiger partial charge in [-0.3, -0.25) is 9.59 Å². The van der Waals surface area contributed by atoms with Gasteiger partial charge in [-0.05, 0) is 18.6 Å². The van der Waals surface area contributed by atoms with Crippen LogP contribution in [0.2, 0.25) is 0 Å². The second kappa shape index (κ2) is 4.75. The molecule has 2 amide bonds. The van der Waals surface area contributed by atoms with Crippen LogP contribution in [0.1, 0.15) is 16.8 Å². The van der Waals surface area contributed by atoms with Crippen LogP contribution < -0.4 is 16.8 Å². The molecule has 96 valence electrons. The smallest absolute Gasteiger partial charge is 0.250 e. The van der Waals surface area contributed by atoms with Crippen LogP contribution >= 0.6 is 0 Å². The average molecular weight is 249 g/mol. The third-order valence-electron chi connectivity index (χ3n) is 2.95. The molecule has 0 spiro atoms. The molecule has 6 heteroatoms. The van der Waals surface area contributed by atoms with Gasteiger partial charge < -0.3 is 21.5 Å². The van der Waals surface area contributed by atoms with E-state index in [9.17, 15) is 9.59 Å². The second-order valence-electron chi connectivity index (χ2n) is 4.32. The van der Waals surface area contributed by atoms with E-state index in [1.165, 1.54) is 0 Å². The fraction of sp³-hybridized carbons (Fsp3) is 0.333. The van der Waals surface area contributed by atoms with Crippen molar-refractivity contribution in [1.82, 2.24) is 0 Å². The summed E-state index contributed by atoms with van der Waals surface area (Å²) in [5.41, 5.74) is 10.7. The molecule has 1 heterocycles. The zero-order chi connectivity index (χ0) is 13.2.